The Balaban J connectivity index is 2.03. The zero-order chi connectivity index (χ0) is 20.3. The average molecular weight is 406 g/mol. The van der Waals surface area contributed by atoms with Crippen LogP contribution in [0.5, 0.6) is 17.2 Å². The van der Waals surface area contributed by atoms with Crippen LogP contribution < -0.4 is 18.5 Å². The Morgan fingerprint density at radius 3 is 2.29 bits per heavy atom. The van der Waals surface area contributed by atoms with Crippen LogP contribution >= 0.6 is 0 Å². The van der Waals surface area contributed by atoms with E-state index in [2.05, 4.69) is 0 Å². The Labute approximate surface area is 164 Å². The van der Waals surface area contributed by atoms with Gasteiger partial charge in [-0.05, 0) is 36.4 Å². The maximum Gasteiger partial charge on any atom is 0.264 e. The second kappa shape index (κ2) is 7.97. The first-order valence-corrected chi connectivity index (χ1v) is 10.0. The quantitative estimate of drug-likeness (QED) is 0.727. The van der Waals surface area contributed by atoms with Crippen LogP contribution in [0.4, 0.5) is 5.69 Å². The van der Waals surface area contributed by atoms with E-state index < -0.39 is 10.0 Å². The van der Waals surface area contributed by atoms with Gasteiger partial charge in [-0.1, -0.05) is 0 Å². The minimum Gasteiger partial charge on any atom is -0.497 e. The molecule has 8 nitrogen and oxygen atoms in total. The molecule has 3 rings (SSSR count). The summed E-state index contributed by atoms with van der Waals surface area (Å²) in [6.45, 7) is 0.419. The molecule has 0 unspecified atom stereocenters. The Morgan fingerprint density at radius 2 is 1.68 bits per heavy atom. The topological polar surface area (TPSA) is 85.4 Å². The standard InChI is InChI=1S/C19H22N2O6S/c1-20(2)19(22)13-21(14-4-6-15(25-3)7-5-14)28(23,24)16-8-9-17-18(12-16)27-11-10-26-17/h4-9,12H,10-11,13H2,1-3H3. The molecule has 9 heteroatoms. The number of hydrogen-bond acceptors (Lipinski definition) is 6. The zero-order valence-corrected chi connectivity index (χ0v) is 16.7. The average Bonchev–Trinajstić information content (AvgIpc) is 2.71. The molecular weight excluding hydrogens is 384 g/mol. The lowest BCUT2D eigenvalue weighted by Crippen LogP contribution is -2.40. The van der Waals surface area contributed by atoms with Gasteiger partial charge >= 0.3 is 0 Å². The monoisotopic (exact) mass is 406 g/mol. The summed E-state index contributed by atoms with van der Waals surface area (Å²) in [6, 6.07) is 10.9. The van der Waals surface area contributed by atoms with Crippen LogP contribution in [0, 0.1) is 0 Å². The Hall–Kier alpha value is -2.94. The summed E-state index contributed by atoms with van der Waals surface area (Å²) in [6.07, 6.45) is 0. The van der Waals surface area contributed by atoms with Gasteiger partial charge in [-0.25, -0.2) is 8.42 Å². The maximum absolute atomic E-state index is 13.4. The van der Waals surface area contributed by atoms with Gasteiger partial charge in [0.25, 0.3) is 10.0 Å². The van der Waals surface area contributed by atoms with Crippen LogP contribution in [0.15, 0.2) is 47.4 Å². The Morgan fingerprint density at radius 1 is 1.04 bits per heavy atom. The van der Waals surface area contributed by atoms with Gasteiger partial charge < -0.3 is 19.1 Å². The molecule has 1 aliphatic rings. The third kappa shape index (κ3) is 3.99. The number of carbonyl (C=O) groups is 1. The van der Waals surface area contributed by atoms with Gasteiger partial charge in [0.2, 0.25) is 5.91 Å². The van der Waals surface area contributed by atoms with Gasteiger partial charge in [0.15, 0.2) is 11.5 Å². The van der Waals surface area contributed by atoms with Crippen LogP contribution in [0.2, 0.25) is 0 Å². The number of carbonyl (C=O) groups excluding carboxylic acids is 1. The maximum atomic E-state index is 13.4. The Bertz CT molecular complexity index is 957. The number of amides is 1. The molecule has 0 aliphatic carbocycles. The minimum absolute atomic E-state index is 0.0131. The summed E-state index contributed by atoms with van der Waals surface area (Å²) < 4.78 is 43.9. The summed E-state index contributed by atoms with van der Waals surface area (Å²) >= 11 is 0. The number of nitrogens with zero attached hydrogens (tertiary/aromatic N) is 2. The summed E-state index contributed by atoms with van der Waals surface area (Å²) in [4.78, 5) is 13.7. The number of benzene rings is 2. The fraction of sp³-hybridized carbons (Fsp3) is 0.316. The van der Waals surface area contributed by atoms with E-state index in [-0.39, 0.29) is 17.3 Å². The van der Waals surface area contributed by atoms with E-state index in [1.54, 1.807) is 44.4 Å². The van der Waals surface area contributed by atoms with E-state index in [0.717, 1.165) is 4.31 Å². The highest BCUT2D eigenvalue weighted by Crippen LogP contribution is 2.34. The lowest BCUT2D eigenvalue weighted by Gasteiger charge is -2.26. The number of anilines is 1. The highest BCUT2D eigenvalue weighted by Gasteiger charge is 2.29. The van der Waals surface area contributed by atoms with E-state index in [9.17, 15) is 13.2 Å². The summed E-state index contributed by atoms with van der Waals surface area (Å²) in [5.41, 5.74) is 0.353. The molecule has 1 aliphatic heterocycles. The van der Waals surface area contributed by atoms with Crippen molar-refractivity contribution in [1.29, 1.82) is 0 Å². The van der Waals surface area contributed by atoms with E-state index in [1.165, 1.54) is 24.1 Å². The van der Waals surface area contributed by atoms with E-state index in [0.29, 0.717) is 36.1 Å². The predicted molar refractivity (Wildman–Crippen MR) is 104 cm³/mol. The van der Waals surface area contributed by atoms with Gasteiger partial charge in [-0.3, -0.25) is 9.10 Å². The molecule has 0 radical (unpaired) electrons. The number of ether oxygens (including phenoxy) is 3. The molecule has 2 aromatic carbocycles. The van der Waals surface area contributed by atoms with Crippen molar-refractivity contribution in [1.82, 2.24) is 4.90 Å². The predicted octanol–water partition coefficient (Wildman–Crippen LogP) is 1.75. The molecule has 2 aromatic rings. The Kier molecular flexibility index (Phi) is 5.64. The van der Waals surface area contributed by atoms with Gasteiger partial charge in [-0.2, -0.15) is 0 Å². The molecule has 0 saturated heterocycles. The molecule has 0 fully saturated rings. The van der Waals surface area contributed by atoms with Crippen LogP contribution in [-0.2, 0) is 14.8 Å². The minimum atomic E-state index is -4.03. The van der Waals surface area contributed by atoms with Crippen LogP contribution in [0.3, 0.4) is 0 Å². The normalized spacial score (nSPS) is 13.0. The summed E-state index contributed by atoms with van der Waals surface area (Å²) in [5, 5.41) is 0. The molecule has 1 amide bonds. The van der Waals surface area contributed by atoms with Crippen molar-refractivity contribution in [3.05, 3.63) is 42.5 Å². The molecule has 0 N–H and O–H groups in total. The second-order valence-corrected chi connectivity index (χ2v) is 8.17. The molecule has 0 atom stereocenters. The van der Waals surface area contributed by atoms with Crippen molar-refractivity contribution in [3.63, 3.8) is 0 Å². The fourth-order valence-corrected chi connectivity index (χ4v) is 4.07. The van der Waals surface area contributed by atoms with Gasteiger partial charge in [0.1, 0.15) is 25.5 Å². The molecule has 0 aromatic heterocycles. The second-order valence-electron chi connectivity index (χ2n) is 6.30. The van der Waals surface area contributed by atoms with Crippen molar-refractivity contribution in [2.45, 2.75) is 4.90 Å². The van der Waals surface area contributed by atoms with Gasteiger partial charge in [0, 0.05) is 20.2 Å². The van der Waals surface area contributed by atoms with E-state index in [4.69, 9.17) is 14.2 Å². The largest absolute Gasteiger partial charge is 0.497 e. The zero-order valence-electron chi connectivity index (χ0n) is 15.9. The van der Waals surface area contributed by atoms with Crippen molar-refractivity contribution < 1.29 is 27.4 Å². The smallest absolute Gasteiger partial charge is 0.264 e. The number of likely N-dealkylation sites (N-methyl/N-ethyl adjacent to an activating group) is 1. The lowest BCUT2D eigenvalue weighted by molar-refractivity contribution is -0.127. The van der Waals surface area contributed by atoms with Crippen LogP contribution in [-0.4, -0.2) is 60.2 Å². The number of sulfonamides is 1. The first-order chi connectivity index (χ1) is 13.3. The molecule has 150 valence electrons. The van der Waals surface area contributed by atoms with Crippen LogP contribution in [0.1, 0.15) is 0 Å². The highest BCUT2D eigenvalue weighted by atomic mass is 32.2. The molecule has 0 saturated carbocycles. The van der Waals surface area contributed by atoms with Gasteiger partial charge in [0.05, 0.1) is 17.7 Å². The van der Waals surface area contributed by atoms with Crippen molar-refractivity contribution in [2.75, 3.05) is 45.3 Å². The SMILES string of the molecule is COc1ccc(N(CC(=O)N(C)C)S(=O)(=O)c2ccc3c(c2)OCCO3)cc1. The molecule has 1 heterocycles. The number of rotatable bonds is 6. The van der Waals surface area contributed by atoms with Crippen molar-refractivity contribution in [2.24, 2.45) is 0 Å². The van der Waals surface area contributed by atoms with E-state index >= 15 is 0 Å². The van der Waals surface area contributed by atoms with Gasteiger partial charge in [-0.15, -0.1) is 0 Å². The van der Waals surface area contributed by atoms with Crippen molar-refractivity contribution in [3.8, 4) is 17.2 Å². The molecule has 0 bridgehead atoms. The molecular formula is C19H22N2O6S. The summed E-state index contributed by atoms with van der Waals surface area (Å²) in [5.74, 6) is 1.09. The third-order valence-corrected chi connectivity index (χ3v) is 6.01. The first-order valence-electron chi connectivity index (χ1n) is 8.59. The number of fused-ring (bicyclic) bond motifs is 1. The highest BCUT2D eigenvalue weighted by molar-refractivity contribution is 7.92. The lowest BCUT2D eigenvalue weighted by atomic mass is 10.3. The number of hydrogen-bond donors (Lipinski definition) is 0. The third-order valence-electron chi connectivity index (χ3n) is 4.24. The first kappa shape index (κ1) is 19.8. The van der Waals surface area contributed by atoms with Crippen molar-refractivity contribution >= 4 is 21.6 Å². The fourth-order valence-electron chi connectivity index (χ4n) is 2.64. The molecule has 28 heavy (non-hydrogen) atoms. The molecule has 0 spiro atoms. The van der Waals surface area contributed by atoms with E-state index in [1.807, 2.05) is 0 Å². The van der Waals surface area contributed by atoms with Crippen LogP contribution in [0.25, 0.3) is 0 Å². The number of methoxy groups -OCH3 is 1. The summed E-state index contributed by atoms with van der Waals surface area (Å²) in [7, 11) is 0.645.